The summed E-state index contributed by atoms with van der Waals surface area (Å²) >= 11 is 6.02. The number of hydrogen-bond donors (Lipinski definition) is 1. The molecule has 0 aliphatic heterocycles. The Kier molecular flexibility index (Phi) is 5.20. The lowest BCUT2D eigenvalue weighted by Gasteiger charge is -2.22. The van der Waals surface area contributed by atoms with Crippen molar-refractivity contribution in [1.29, 1.82) is 0 Å². The number of sulfonamides is 1. The fourth-order valence-electron chi connectivity index (χ4n) is 2.06. The van der Waals surface area contributed by atoms with Crippen molar-refractivity contribution in [3.63, 3.8) is 0 Å². The third-order valence-corrected chi connectivity index (χ3v) is 5.52. The minimum absolute atomic E-state index is 0.0958. The van der Waals surface area contributed by atoms with Gasteiger partial charge in [-0.25, -0.2) is 13.1 Å². The predicted molar refractivity (Wildman–Crippen MR) is 85.2 cm³/mol. The number of halogens is 1. The zero-order valence-electron chi connectivity index (χ0n) is 12.7. The van der Waals surface area contributed by atoms with Gasteiger partial charge in [-0.2, -0.15) is 0 Å². The van der Waals surface area contributed by atoms with E-state index in [1.807, 2.05) is 13.8 Å². The Morgan fingerprint density at radius 2 is 2.09 bits per heavy atom. The number of hydrogen-bond acceptors (Lipinski definition) is 4. The van der Waals surface area contributed by atoms with Crippen molar-refractivity contribution in [2.75, 3.05) is 0 Å². The monoisotopic (exact) mass is 342 g/mol. The van der Waals surface area contributed by atoms with Crippen molar-refractivity contribution in [2.45, 2.75) is 38.3 Å². The molecule has 8 heteroatoms. The summed E-state index contributed by atoms with van der Waals surface area (Å²) < 4.78 is 29.6. The average molecular weight is 343 g/mol. The molecule has 120 valence electrons. The number of nitrogens with zero attached hydrogens (tertiary/aromatic N) is 3. The lowest BCUT2D eigenvalue weighted by Crippen LogP contribution is -2.41. The van der Waals surface area contributed by atoms with Gasteiger partial charge >= 0.3 is 0 Å². The van der Waals surface area contributed by atoms with Crippen LogP contribution in [-0.2, 0) is 16.6 Å². The second-order valence-electron chi connectivity index (χ2n) is 5.46. The van der Waals surface area contributed by atoms with E-state index in [-0.39, 0.29) is 16.9 Å². The summed E-state index contributed by atoms with van der Waals surface area (Å²) in [6.07, 6.45) is 3.27. The van der Waals surface area contributed by atoms with Crippen LogP contribution >= 0.6 is 11.6 Å². The highest BCUT2D eigenvalue weighted by molar-refractivity contribution is 7.89. The molecule has 2 rings (SSSR count). The second-order valence-corrected chi connectivity index (χ2v) is 7.55. The lowest BCUT2D eigenvalue weighted by atomic mass is 10.1. The molecule has 1 heterocycles. The van der Waals surface area contributed by atoms with Gasteiger partial charge < -0.3 is 0 Å². The molecular formula is C14H19ClN4O2S. The minimum atomic E-state index is -3.66. The van der Waals surface area contributed by atoms with E-state index in [4.69, 9.17) is 11.6 Å². The average Bonchev–Trinajstić information content (AvgIpc) is 2.93. The van der Waals surface area contributed by atoms with Gasteiger partial charge in [-0.3, -0.25) is 4.68 Å². The van der Waals surface area contributed by atoms with Crippen LogP contribution in [0.1, 0.15) is 19.4 Å². The molecule has 0 aliphatic rings. The topological polar surface area (TPSA) is 76.9 Å². The molecular weight excluding hydrogens is 324 g/mol. The fraction of sp³-hybridized carbons (Fsp3) is 0.429. The molecule has 1 aromatic heterocycles. The van der Waals surface area contributed by atoms with Gasteiger partial charge in [0.2, 0.25) is 10.0 Å². The highest BCUT2D eigenvalue weighted by atomic mass is 35.5. The highest BCUT2D eigenvalue weighted by Gasteiger charge is 2.25. The summed E-state index contributed by atoms with van der Waals surface area (Å²) in [7, 11) is -3.66. The molecule has 22 heavy (non-hydrogen) atoms. The van der Waals surface area contributed by atoms with Crippen molar-refractivity contribution in [1.82, 2.24) is 19.7 Å². The van der Waals surface area contributed by atoms with E-state index in [2.05, 4.69) is 15.0 Å². The molecule has 1 N–H and O–H groups in total. The normalized spacial score (nSPS) is 13.5. The van der Waals surface area contributed by atoms with Gasteiger partial charge in [-0.15, -0.1) is 5.10 Å². The maximum atomic E-state index is 12.6. The third-order valence-electron chi connectivity index (χ3n) is 3.47. The SMILES string of the molecule is Cc1c(Cl)cccc1S(=O)(=O)N[C@@H](Cn1ccnn1)C(C)C. The van der Waals surface area contributed by atoms with Gasteiger partial charge in [0.25, 0.3) is 0 Å². The third kappa shape index (κ3) is 3.85. The van der Waals surface area contributed by atoms with Crippen molar-refractivity contribution >= 4 is 21.6 Å². The van der Waals surface area contributed by atoms with E-state index in [1.54, 1.807) is 42.2 Å². The highest BCUT2D eigenvalue weighted by Crippen LogP contribution is 2.23. The minimum Gasteiger partial charge on any atom is -0.251 e. The summed E-state index contributed by atoms with van der Waals surface area (Å²) in [4.78, 5) is 0.198. The van der Waals surface area contributed by atoms with E-state index in [9.17, 15) is 8.42 Å². The Morgan fingerprint density at radius 3 is 2.68 bits per heavy atom. The molecule has 0 aliphatic carbocycles. The number of rotatable bonds is 6. The van der Waals surface area contributed by atoms with Crippen molar-refractivity contribution in [3.8, 4) is 0 Å². The van der Waals surface area contributed by atoms with Crippen LogP contribution in [0, 0.1) is 12.8 Å². The van der Waals surface area contributed by atoms with Crippen LogP contribution in [0.5, 0.6) is 0 Å². The summed E-state index contributed by atoms with van der Waals surface area (Å²) in [6.45, 7) is 6.01. The molecule has 0 saturated heterocycles. The largest absolute Gasteiger partial charge is 0.251 e. The van der Waals surface area contributed by atoms with Gasteiger partial charge in [-0.1, -0.05) is 36.7 Å². The first-order valence-corrected chi connectivity index (χ1v) is 8.79. The predicted octanol–water partition coefficient (Wildman–Crippen LogP) is 2.24. The van der Waals surface area contributed by atoms with Crippen LogP contribution in [0.15, 0.2) is 35.5 Å². The smallest absolute Gasteiger partial charge is 0.241 e. The number of aromatic nitrogens is 3. The summed E-state index contributed by atoms with van der Waals surface area (Å²) in [5, 5.41) is 8.05. The zero-order valence-corrected chi connectivity index (χ0v) is 14.3. The first-order valence-electron chi connectivity index (χ1n) is 6.93. The van der Waals surface area contributed by atoms with Crippen LogP contribution in [0.2, 0.25) is 5.02 Å². The molecule has 0 spiro atoms. The molecule has 1 aromatic carbocycles. The maximum Gasteiger partial charge on any atom is 0.241 e. The first-order chi connectivity index (χ1) is 10.3. The van der Waals surface area contributed by atoms with Crippen LogP contribution in [0.25, 0.3) is 0 Å². The van der Waals surface area contributed by atoms with Gasteiger partial charge in [0.1, 0.15) is 0 Å². The van der Waals surface area contributed by atoms with Gasteiger partial charge in [0.15, 0.2) is 0 Å². The van der Waals surface area contributed by atoms with E-state index in [1.165, 1.54) is 0 Å². The molecule has 1 atom stereocenters. The van der Waals surface area contributed by atoms with Crippen LogP contribution < -0.4 is 4.72 Å². The number of nitrogens with one attached hydrogen (secondary N) is 1. The van der Waals surface area contributed by atoms with E-state index < -0.39 is 10.0 Å². The van der Waals surface area contributed by atoms with Gasteiger partial charge in [-0.05, 0) is 30.5 Å². The second kappa shape index (κ2) is 6.76. The van der Waals surface area contributed by atoms with Crippen molar-refractivity contribution in [2.24, 2.45) is 5.92 Å². The molecule has 0 amide bonds. The quantitative estimate of drug-likeness (QED) is 0.873. The molecule has 6 nitrogen and oxygen atoms in total. The summed E-state index contributed by atoms with van der Waals surface area (Å²) in [5.74, 6) is 0.0958. The molecule has 0 fully saturated rings. The van der Waals surface area contributed by atoms with Crippen LogP contribution in [0.3, 0.4) is 0 Å². The van der Waals surface area contributed by atoms with Crippen molar-refractivity contribution in [3.05, 3.63) is 41.2 Å². The van der Waals surface area contributed by atoms with Crippen LogP contribution in [0.4, 0.5) is 0 Å². The van der Waals surface area contributed by atoms with E-state index in [0.717, 1.165) is 0 Å². The molecule has 0 unspecified atom stereocenters. The van der Waals surface area contributed by atoms with Gasteiger partial charge in [0, 0.05) is 17.3 Å². The summed E-state index contributed by atoms with van der Waals surface area (Å²) in [5.41, 5.74) is 0.542. The van der Waals surface area contributed by atoms with Crippen molar-refractivity contribution < 1.29 is 8.42 Å². The Morgan fingerprint density at radius 1 is 1.36 bits per heavy atom. The Labute approximate surface area is 135 Å². The Bertz CT molecular complexity index is 729. The molecule has 0 saturated carbocycles. The summed E-state index contributed by atoms with van der Waals surface area (Å²) in [6, 6.07) is 4.55. The first kappa shape index (κ1) is 16.9. The van der Waals surface area contributed by atoms with E-state index in [0.29, 0.717) is 17.1 Å². The zero-order chi connectivity index (χ0) is 16.3. The van der Waals surface area contributed by atoms with E-state index >= 15 is 0 Å². The standard InChI is InChI=1S/C14H19ClN4O2S/c1-10(2)13(9-19-8-7-16-18-19)17-22(20,21)14-6-4-5-12(15)11(14)3/h4-8,10,13,17H,9H2,1-3H3/t13-/m0/s1. The molecule has 0 bridgehead atoms. The fourth-order valence-corrected chi connectivity index (χ4v) is 3.93. The Hall–Kier alpha value is -1.44. The maximum absolute atomic E-state index is 12.6. The lowest BCUT2D eigenvalue weighted by molar-refractivity contribution is 0.378. The molecule has 2 aromatic rings. The number of benzene rings is 1. The van der Waals surface area contributed by atoms with Crippen LogP contribution in [-0.4, -0.2) is 29.5 Å². The van der Waals surface area contributed by atoms with Gasteiger partial charge in [0.05, 0.1) is 17.6 Å². The Balaban J connectivity index is 2.26. The molecule has 0 radical (unpaired) electrons.